The van der Waals surface area contributed by atoms with Gasteiger partial charge in [-0.15, -0.1) is 0 Å². The fraction of sp³-hybridized carbons (Fsp3) is 1.00. The minimum Gasteiger partial charge on any atom is -0.314 e. The Balaban J connectivity index is 1.83. The van der Waals surface area contributed by atoms with Crippen LogP contribution < -0.4 is 5.32 Å². The molecular formula is C12H24N2. The van der Waals surface area contributed by atoms with E-state index >= 15 is 0 Å². The van der Waals surface area contributed by atoms with Gasteiger partial charge in [-0.3, -0.25) is 4.90 Å². The van der Waals surface area contributed by atoms with Crippen LogP contribution in [0.1, 0.15) is 39.5 Å². The van der Waals surface area contributed by atoms with Crippen molar-refractivity contribution < 1.29 is 0 Å². The van der Waals surface area contributed by atoms with Crippen molar-refractivity contribution in [3.05, 3.63) is 0 Å². The monoisotopic (exact) mass is 196 g/mol. The van der Waals surface area contributed by atoms with Gasteiger partial charge in [0.15, 0.2) is 0 Å². The molecule has 82 valence electrons. The Morgan fingerprint density at radius 2 is 2.21 bits per heavy atom. The maximum Gasteiger partial charge on any atom is 0.0221 e. The van der Waals surface area contributed by atoms with Crippen molar-refractivity contribution in [3.8, 4) is 0 Å². The van der Waals surface area contributed by atoms with Gasteiger partial charge < -0.3 is 5.32 Å². The van der Waals surface area contributed by atoms with Crippen LogP contribution in [-0.4, -0.2) is 36.6 Å². The van der Waals surface area contributed by atoms with Crippen LogP contribution in [0.15, 0.2) is 0 Å². The molecule has 2 fully saturated rings. The molecule has 2 nitrogen and oxygen atoms in total. The Kier molecular flexibility index (Phi) is 3.45. The van der Waals surface area contributed by atoms with Crippen molar-refractivity contribution >= 4 is 0 Å². The summed E-state index contributed by atoms with van der Waals surface area (Å²) in [5.74, 6) is 1.03. The van der Waals surface area contributed by atoms with Crippen LogP contribution in [0.2, 0.25) is 0 Å². The molecule has 1 aliphatic carbocycles. The van der Waals surface area contributed by atoms with E-state index in [1.807, 2.05) is 0 Å². The lowest BCUT2D eigenvalue weighted by atomic mass is 10.1. The molecule has 0 radical (unpaired) electrons. The molecule has 1 saturated heterocycles. The SMILES string of the molecule is CCCC1CC1N1CCNCC1CC. The molecule has 2 aliphatic rings. The van der Waals surface area contributed by atoms with E-state index < -0.39 is 0 Å². The number of nitrogens with one attached hydrogen (secondary N) is 1. The molecule has 0 aromatic rings. The topological polar surface area (TPSA) is 15.3 Å². The lowest BCUT2D eigenvalue weighted by molar-refractivity contribution is 0.140. The van der Waals surface area contributed by atoms with E-state index in [-0.39, 0.29) is 0 Å². The van der Waals surface area contributed by atoms with Crippen LogP contribution in [0, 0.1) is 5.92 Å². The molecule has 0 aromatic heterocycles. The highest BCUT2D eigenvalue weighted by Gasteiger charge is 2.43. The summed E-state index contributed by atoms with van der Waals surface area (Å²) in [6.45, 7) is 8.33. The van der Waals surface area contributed by atoms with Crippen LogP contribution in [0.25, 0.3) is 0 Å². The van der Waals surface area contributed by atoms with E-state index in [4.69, 9.17) is 0 Å². The second-order valence-electron chi connectivity index (χ2n) is 4.86. The van der Waals surface area contributed by atoms with E-state index in [2.05, 4.69) is 24.1 Å². The molecule has 1 saturated carbocycles. The highest BCUT2D eigenvalue weighted by Crippen LogP contribution is 2.40. The fourth-order valence-electron chi connectivity index (χ4n) is 2.91. The van der Waals surface area contributed by atoms with Crippen molar-refractivity contribution in [2.24, 2.45) is 5.92 Å². The average molecular weight is 196 g/mol. The zero-order valence-corrected chi connectivity index (χ0v) is 9.63. The predicted molar refractivity (Wildman–Crippen MR) is 60.5 cm³/mol. The van der Waals surface area contributed by atoms with Crippen LogP contribution in [0.4, 0.5) is 0 Å². The minimum atomic E-state index is 0.815. The summed E-state index contributed by atoms with van der Waals surface area (Å²) in [7, 11) is 0. The second-order valence-corrected chi connectivity index (χ2v) is 4.86. The first-order valence-electron chi connectivity index (χ1n) is 6.33. The van der Waals surface area contributed by atoms with Gasteiger partial charge in [-0.25, -0.2) is 0 Å². The van der Waals surface area contributed by atoms with E-state index in [1.165, 1.54) is 45.3 Å². The molecule has 0 bridgehead atoms. The van der Waals surface area contributed by atoms with Crippen molar-refractivity contribution in [1.29, 1.82) is 0 Å². The lowest BCUT2D eigenvalue weighted by Gasteiger charge is -2.36. The molecule has 0 spiro atoms. The van der Waals surface area contributed by atoms with Crippen molar-refractivity contribution in [1.82, 2.24) is 10.2 Å². The molecule has 14 heavy (non-hydrogen) atoms. The van der Waals surface area contributed by atoms with Gasteiger partial charge in [-0.05, 0) is 25.2 Å². The number of hydrogen-bond acceptors (Lipinski definition) is 2. The summed E-state index contributed by atoms with van der Waals surface area (Å²) in [5.41, 5.74) is 0. The van der Waals surface area contributed by atoms with Gasteiger partial charge in [0.25, 0.3) is 0 Å². The molecule has 0 aromatic carbocycles. The maximum absolute atomic E-state index is 3.50. The summed E-state index contributed by atoms with van der Waals surface area (Å²) >= 11 is 0. The van der Waals surface area contributed by atoms with Gasteiger partial charge in [0, 0.05) is 31.7 Å². The Morgan fingerprint density at radius 3 is 2.93 bits per heavy atom. The quantitative estimate of drug-likeness (QED) is 0.738. The van der Waals surface area contributed by atoms with E-state index in [0.29, 0.717) is 0 Å². The standard InChI is InChI=1S/C12H24N2/c1-3-5-10-8-12(10)14-7-6-13-9-11(14)4-2/h10-13H,3-9H2,1-2H3. The molecular weight excluding hydrogens is 172 g/mol. The van der Waals surface area contributed by atoms with Crippen LogP contribution in [0.3, 0.4) is 0 Å². The molecule has 2 heteroatoms. The summed E-state index contributed by atoms with van der Waals surface area (Å²) in [5, 5.41) is 3.50. The molecule has 3 atom stereocenters. The number of piperazine rings is 1. The normalized spacial score (nSPS) is 38.6. The summed E-state index contributed by atoms with van der Waals surface area (Å²) in [4.78, 5) is 2.77. The van der Waals surface area contributed by atoms with Crippen LogP contribution >= 0.6 is 0 Å². The zero-order chi connectivity index (χ0) is 9.97. The van der Waals surface area contributed by atoms with E-state index in [9.17, 15) is 0 Å². The molecule has 1 heterocycles. The second kappa shape index (κ2) is 4.63. The highest BCUT2D eigenvalue weighted by molar-refractivity contribution is 4.98. The van der Waals surface area contributed by atoms with E-state index in [0.717, 1.165) is 18.0 Å². The van der Waals surface area contributed by atoms with E-state index in [1.54, 1.807) is 0 Å². The first-order valence-corrected chi connectivity index (χ1v) is 6.33. The van der Waals surface area contributed by atoms with Gasteiger partial charge in [-0.1, -0.05) is 20.3 Å². The smallest absolute Gasteiger partial charge is 0.0221 e. The third-order valence-electron chi connectivity index (χ3n) is 3.84. The average Bonchev–Trinajstić information content (AvgIpc) is 2.98. The minimum absolute atomic E-state index is 0.815. The number of nitrogens with zero attached hydrogens (tertiary/aromatic N) is 1. The van der Waals surface area contributed by atoms with Gasteiger partial charge in [0.2, 0.25) is 0 Å². The molecule has 2 rings (SSSR count). The van der Waals surface area contributed by atoms with Gasteiger partial charge >= 0.3 is 0 Å². The largest absolute Gasteiger partial charge is 0.314 e. The van der Waals surface area contributed by atoms with Gasteiger partial charge in [0.05, 0.1) is 0 Å². The Labute approximate surface area is 88.1 Å². The van der Waals surface area contributed by atoms with Crippen LogP contribution in [-0.2, 0) is 0 Å². The first kappa shape index (κ1) is 10.4. The Morgan fingerprint density at radius 1 is 1.36 bits per heavy atom. The fourth-order valence-corrected chi connectivity index (χ4v) is 2.91. The molecule has 3 unspecified atom stereocenters. The Bertz CT molecular complexity index is 181. The maximum atomic E-state index is 3.50. The lowest BCUT2D eigenvalue weighted by Crippen LogP contribution is -2.52. The Hall–Kier alpha value is -0.0800. The van der Waals surface area contributed by atoms with Gasteiger partial charge in [-0.2, -0.15) is 0 Å². The molecule has 0 amide bonds. The van der Waals surface area contributed by atoms with Gasteiger partial charge in [0.1, 0.15) is 0 Å². The van der Waals surface area contributed by atoms with Crippen LogP contribution in [0.5, 0.6) is 0 Å². The summed E-state index contributed by atoms with van der Waals surface area (Å²) < 4.78 is 0. The first-order chi connectivity index (χ1) is 6.86. The highest BCUT2D eigenvalue weighted by atomic mass is 15.3. The molecule has 1 N–H and O–H groups in total. The summed E-state index contributed by atoms with van der Waals surface area (Å²) in [6, 6.07) is 1.76. The van der Waals surface area contributed by atoms with Crippen molar-refractivity contribution in [2.45, 2.75) is 51.6 Å². The molecule has 1 aliphatic heterocycles. The predicted octanol–water partition coefficient (Wildman–Crippen LogP) is 1.86. The third-order valence-corrected chi connectivity index (χ3v) is 3.84. The number of rotatable bonds is 4. The van der Waals surface area contributed by atoms with Crippen molar-refractivity contribution in [3.63, 3.8) is 0 Å². The number of hydrogen-bond donors (Lipinski definition) is 1. The zero-order valence-electron chi connectivity index (χ0n) is 9.63. The third kappa shape index (κ3) is 2.12. The summed E-state index contributed by atoms with van der Waals surface area (Å²) in [6.07, 6.45) is 5.60. The van der Waals surface area contributed by atoms with Crippen molar-refractivity contribution in [2.75, 3.05) is 19.6 Å².